The Balaban J connectivity index is 1.58. The van der Waals surface area contributed by atoms with Crippen LogP contribution >= 0.6 is 23.5 Å². The zero-order chi connectivity index (χ0) is 20.0. The Morgan fingerprint density at radius 3 is 2.59 bits per heavy atom. The normalized spacial score (nSPS) is 20.2. The van der Waals surface area contributed by atoms with Crippen LogP contribution in [0.1, 0.15) is 6.92 Å². The lowest BCUT2D eigenvalue weighted by Gasteiger charge is -2.15. The second-order valence-corrected chi connectivity index (χ2v) is 8.72. The molecule has 0 spiro atoms. The van der Waals surface area contributed by atoms with Crippen molar-refractivity contribution in [2.45, 2.75) is 11.8 Å². The summed E-state index contributed by atoms with van der Waals surface area (Å²) in [6, 6.07) is 20.4. The van der Waals surface area contributed by atoms with Gasteiger partial charge in [-0.25, -0.2) is 0 Å². The average molecular weight is 420 g/mol. The maximum Gasteiger partial charge on any atom is 0.269 e. The van der Waals surface area contributed by atoms with E-state index >= 15 is 0 Å². The van der Waals surface area contributed by atoms with Crippen molar-refractivity contribution in [1.82, 2.24) is 4.90 Å². The molecule has 29 heavy (non-hydrogen) atoms. The fourth-order valence-corrected chi connectivity index (χ4v) is 5.90. The van der Waals surface area contributed by atoms with E-state index in [4.69, 9.17) is 5.10 Å². The number of carbonyl (C=O) groups excluding carboxylic acids is 1. The molecule has 3 aromatic rings. The zero-order valence-electron chi connectivity index (χ0n) is 16.1. The van der Waals surface area contributed by atoms with Gasteiger partial charge in [0.05, 0.1) is 10.7 Å². The van der Waals surface area contributed by atoms with Crippen LogP contribution in [-0.4, -0.2) is 29.6 Å². The van der Waals surface area contributed by atoms with Crippen molar-refractivity contribution in [3.05, 3.63) is 76.8 Å². The first kappa shape index (κ1) is 18.3. The van der Waals surface area contributed by atoms with Gasteiger partial charge in [0.25, 0.3) is 5.91 Å². The SMILES string of the molecule is CCN1C(=O)/C(=C2\Sc3ccccc3N2C)S/C1=N\[n+]1cccc2ccccc21. The van der Waals surface area contributed by atoms with Crippen LogP contribution < -0.4 is 9.58 Å². The van der Waals surface area contributed by atoms with Gasteiger partial charge in [-0.15, -0.1) is 0 Å². The van der Waals surface area contributed by atoms with Crippen molar-refractivity contribution in [3.8, 4) is 0 Å². The number of fused-ring (bicyclic) bond motifs is 2. The molecule has 7 heteroatoms. The number of amidine groups is 1. The van der Waals surface area contributed by atoms with E-state index in [2.05, 4.69) is 29.2 Å². The Morgan fingerprint density at radius 2 is 1.76 bits per heavy atom. The average Bonchev–Trinajstić information content (AvgIpc) is 3.24. The summed E-state index contributed by atoms with van der Waals surface area (Å²) >= 11 is 3.09. The summed E-state index contributed by atoms with van der Waals surface area (Å²) in [4.78, 5) is 19.0. The number of carbonyl (C=O) groups is 1. The number of pyridine rings is 1. The van der Waals surface area contributed by atoms with Crippen molar-refractivity contribution in [3.63, 3.8) is 0 Å². The molecule has 0 unspecified atom stereocenters. The zero-order valence-corrected chi connectivity index (χ0v) is 17.7. The van der Waals surface area contributed by atoms with E-state index in [1.807, 2.05) is 61.2 Å². The lowest BCUT2D eigenvalue weighted by atomic mass is 10.2. The molecule has 1 fully saturated rings. The third kappa shape index (κ3) is 3.01. The summed E-state index contributed by atoms with van der Waals surface area (Å²) in [5, 5.41) is 7.60. The topological polar surface area (TPSA) is 39.8 Å². The highest BCUT2D eigenvalue weighted by atomic mass is 32.2. The minimum absolute atomic E-state index is 0.0132. The number of anilines is 1. The molecule has 0 saturated carbocycles. The predicted octanol–water partition coefficient (Wildman–Crippen LogP) is 4.25. The first-order valence-corrected chi connectivity index (χ1v) is 11.0. The molecule has 144 valence electrons. The first-order chi connectivity index (χ1) is 14.2. The number of hydrogen-bond acceptors (Lipinski definition) is 5. The number of para-hydroxylation sites is 2. The maximum atomic E-state index is 13.2. The molecule has 3 heterocycles. The lowest BCUT2D eigenvalue weighted by molar-refractivity contribution is -0.652. The monoisotopic (exact) mass is 419 g/mol. The van der Waals surface area contributed by atoms with Crippen LogP contribution in [0.4, 0.5) is 5.69 Å². The summed E-state index contributed by atoms with van der Waals surface area (Å²) < 4.78 is 1.85. The fourth-order valence-electron chi connectivity index (χ4n) is 3.51. The van der Waals surface area contributed by atoms with Gasteiger partial charge in [-0.05, 0) is 47.6 Å². The molecule has 1 aromatic heterocycles. The predicted molar refractivity (Wildman–Crippen MR) is 120 cm³/mol. The fraction of sp³-hybridized carbons (Fsp3) is 0.136. The highest BCUT2D eigenvalue weighted by Gasteiger charge is 2.39. The van der Waals surface area contributed by atoms with Gasteiger partial charge in [-0.2, -0.15) is 0 Å². The van der Waals surface area contributed by atoms with E-state index in [9.17, 15) is 4.79 Å². The molecule has 1 amide bonds. The van der Waals surface area contributed by atoms with Gasteiger partial charge in [0.15, 0.2) is 0 Å². The number of nitrogens with zero attached hydrogens (tertiary/aromatic N) is 4. The van der Waals surface area contributed by atoms with Crippen molar-refractivity contribution in [2.75, 3.05) is 18.5 Å². The summed E-state index contributed by atoms with van der Waals surface area (Å²) in [7, 11) is 2.01. The van der Waals surface area contributed by atoms with Gasteiger partial charge < -0.3 is 4.90 Å². The van der Waals surface area contributed by atoms with E-state index in [-0.39, 0.29) is 5.91 Å². The van der Waals surface area contributed by atoms with Gasteiger partial charge in [-0.1, -0.05) is 36.0 Å². The molecule has 0 atom stereocenters. The van der Waals surface area contributed by atoms with E-state index in [1.165, 1.54) is 16.7 Å². The van der Waals surface area contributed by atoms with E-state index < -0.39 is 0 Å². The molecule has 5 rings (SSSR count). The van der Waals surface area contributed by atoms with Crippen LogP contribution in [0.25, 0.3) is 10.9 Å². The van der Waals surface area contributed by atoms with Gasteiger partial charge in [-0.3, -0.25) is 9.69 Å². The van der Waals surface area contributed by atoms with Crippen LogP contribution in [0.3, 0.4) is 0 Å². The number of benzene rings is 2. The van der Waals surface area contributed by atoms with Crippen molar-refractivity contribution >= 4 is 51.2 Å². The molecule has 5 nitrogen and oxygen atoms in total. The molecule has 2 aliphatic heterocycles. The standard InChI is InChI=1S/C22H19N4OS2/c1-3-25-20(27)19(21-24(2)17-12-6-7-13-18(17)28-21)29-22(25)23-26-14-8-10-15-9-4-5-11-16(15)26/h4-14H,3H2,1-2H3/q+1/b21-19+,23-22-. The number of thioether (sulfide) groups is 2. The second-order valence-electron chi connectivity index (χ2n) is 6.71. The molecular formula is C22H19N4OS2+. The van der Waals surface area contributed by atoms with Crippen LogP contribution in [0, 0.1) is 0 Å². The Morgan fingerprint density at radius 1 is 1.00 bits per heavy atom. The smallest absolute Gasteiger partial charge is 0.269 e. The molecule has 0 radical (unpaired) electrons. The first-order valence-electron chi connectivity index (χ1n) is 9.40. The highest BCUT2D eigenvalue weighted by molar-refractivity contribution is 8.19. The van der Waals surface area contributed by atoms with Crippen LogP contribution in [-0.2, 0) is 4.79 Å². The molecule has 0 aliphatic carbocycles. The second kappa shape index (κ2) is 7.24. The number of hydrogen-bond donors (Lipinski definition) is 0. The molecule has 0 N–H and O–H groups in total. The quantitative estimate of drug-likeness (QED) is 0.460. The minimum Gasteiger partial charge on any atom is -0.337 e. The van der Waals surface area contributed by atoms with Gasteiger partial charge in [0.2, 0.25) is 16.9 Å². The van der Waals surface area contributed by atoms with Gasteiger partial charge in [0.1, 0.15) is 4.91 Å². The third-order valence-electron chi connectivity index (χ3n) is 4.99. The summed E-state index contributed by atoms with van der Waals surface area (Å²) in [5.41, 5.74) is 2.14. The summed E-state index contributed by atoms with van der Waals surface area (Å²) in [6.07, 6.45) is 1.92. The lowest BCUT2D eigenvalue weighted by Crippen LogP contribution is -2.35. The largest absolute Gasteiger partial charge is 0.337 e. The van der Waals surface area contributed by atoms with E-state index in [1.54, 1.807) is 16.7 Å². The van der Waals surface area contributed by atoms with Gasteiger partial charge >= 0.3 is 0 Å². The Kier molecular flexibility index (Phi) is 4.56. The number of rotatable bonds is 2. The molecular weight excluding hydrogens is 400 g/mol. The van der Waals surface area contributed by atoms with Crippen LogP contribution in [0.2, 0.25) is 0 Å². The maximum absolute atomic E-state index is 13.2. The van der Waals surface area contributed by atoms with Crippen molar-refractivity contribution < 1.29 is 9.47 Å². The van der Waals surface area contributed by atoms with Crippen LogP contribution in [0.15, 0.2) is 86.8 Å². The van der Waals surface area contributed by atoms with Gasteiger partial charge in [0, 0.05) is 41.1 Å². The Bertz CT molecular complexity index is 1200. The number of amides is 1. The summed E-state index contributed by atoms with van der Waals surface area (Å²) in [5.74, 6) is 0.0132. The molecule has 1 saturated heterocycles. The molecule has 2 aliphatic rings. The number of aromatic nitrogens is 1. The molecule has 0 bridgehead atoms. The summed E-state index contributed by atoms with van der Waals surface area (Å²) in [6.45, 7) is 2.56. The van der Waals surface area contributed by atoms with E-state index in [0.29, 0.717) is 11.7 Å². The Hall–Kier alpha value is -2.77. The van der Waals surface area contributed by atoms with Crippen molar-refractivity contribution in [2.24, 2.45) is 5.10 Å². The van der Waals surface area contributed by atoms with Crippen LogP contribution in [0.5, 0.6) is 0 Å². The Labute approximate surface area is 177 Å². The minimum atomic E-state index is 0.0132. The van der Waals surface area contributed by atoms with E-state index in [0.717, 1.165) is 26.5 Å². The molecule has 2 aromatic carbocycles. The number of likely N-dealkylation sites (N-methyl/N-ethyl adjacent to an activating group) is 1. The highest BCUT2D eigenvalue weighted by Crippen LogP contribution is 2.49. The third-order valence-corrected chi connectivity index (χ3v) is 7.41. The van der Waals surface area contributed by atoms with Crippen molar-refractivity contribution in [1.29, 1.82) is 0 Å².